The van der Waals surface area contributed by atoms with E-state index in [0.29, 0.717) is 17.1 Å². The van der Waals surface area contributed by atoms with E-state index in [1.807, 2.05) is 24.3 Å². The first-order chi connectivity index (χ1) is 14.8. The number of benzene rings is 3. The zero-order chi connectivity index (χ0) is 22.4. The summed E-state index contributed by atoms with van der Waals surface area (Å²) in [6.45, 7) is -0.383. The van der Waals surface area contributed by atoms with Crippen LogP contribution in [0.2, 0.25) is 0 Å². The quantitative estimate of drug-likeness (QED) is 0.428. The summed E-state index contributed by atoms with van der Waals surface area (Å²) < 4.78 is 37.0. The van der Waals surface area contributed by atoms with Crippen molar-refractivity contribution in [3.63, 3.8) is 0 Å². The van der Waals surface area contributed by atoms with Crippen LogP contribution < -0.4 is 14.9 Å². The zero-order valence-electron chi connectivity index (χ0n) is 17.4. The smallest absolute Gasteiger partial charge is 0.255 e. The third kappa shape index (κ3) is 5.19. The van der Waals surface area contributed by atoms with Crippen molar-refractivity contribution in [2.45, 2.75) is 4.90 Å². The average molecular weight is 442 g/mol. The first-order valence-corrected chi connectivity index (χ1v) is 10.8. The Morgan fingerprint density at radius 2 is 1.77 bits per heavy atom. The van der Waals surface area contributed by atoms with Gasteiger partial charge in [-0.25, -0.2) is 13.8 Å². The van der Waals surface area contributed by atoms with Gasteiger partial charge in [-0.3, -0.25) is 4.79 Å². The molecule has 0 unspecified atom stereocenters. The molecular weight excluding hydrogens is 418 g/mol. The summed E-state index contributed by atoms with van der Waals surface area (Å²) in [5.74, 6) is 0.572. The molecule has 3 aromatic rings. The Hall–Kier alpha value is -3.43. The number of amides is 1. The molecule has 0 bridgehead atoms. The minimum Gasteiger partial charge on any atom is -0.497 e. The molecule has 0 aliphatic rings. The molecule has 1 amide bonds. The van der Waals surface area contributed by atoms with Gasteiger partial charge >= 0.3 is 0 Å². The molecule has 3 rings (SSSR count). The maximum absolute atomic E-state index is 12.8. The number of hydrazone groups is 1. The first-order valence-electron chi connectivity index (χ1n) is 9.34. The van der Waals surface area contributed by atoms with Gasteiger partial charge < -0.3 is 9.47 Å². The van der Waals surface area contributed by atoms with Crippen molar-refractivity contribution in [3.05, 3.63) is 66.2 Å². The number of nitrogens with one attached hydrogen (secondary N) is 1. The van der Waals surface area contributed by atoms with E-state index in [2.05, 4.69) is 10.5 Å². The number of methoxy groups -OCH3 is 2. The number of fused-ring (bicyclic) bond motifs is 1. The average Bonchev–Trinajstić information content (AvgIpc) is 2.78. The number of nitrogens with zero attached hydrogens (tertiary/aromatic N) is 2. The van der Waals surface area contributed by atoms with Gasteiger partial charge in [-0.15, -0.1) is 0 Å². The molecule has 0 radical (unpaired) electrons. The van der Waals surface area contributed by atoms with E-state index in [9.17, 15) is 13.2 Å². The van der Waals surface area contributed by atoms with Crippen molar-refractivity contribution in [1.29, 1.82) is 0 Å². The van der Waals surface area contributed by atoms with Gasteiger partial charge in [-0.05, 0) is 35.0 Å². The van der Waals surface area contributed by atoms with Gasteiger partial charge in [0.05, 0.1) is 31.9 Å². The first kappa shape index (κ1) is 22.3. The summed E-state index contributed by atoms with van der Waals surface area (Å²) >= 11 is 0. The van der Waals surface area contributed by atoms with E-state index in [0.717, 1.165) is 15.1 Å². The second kappa shape index (κ2) is 9.59. The lowest BCUT2D eigenvalue weighted by Crippen LogP contribution is -2.36. The highest BCUT2D eigenvalue weighted by atomic mass is 32.2. The molecule has 1 N–H and O–H groups in total. The number of likely N-dealkylation sites (N-methyl/N-ethyl adjacent to an activating group) is 1. The van der Waals surface area contributed by atoms with Crippen molar-refractivity contribution < 1.29 is 22.7 Å². The maximum Gasteiger partial charge on any atom is 0.255 e. The Morgan fingerprint density at radius 3 is 2.48 bits per heavy atom. The van der Waals surface area contributed by atoms with Crippen LogP contribution in [-0.4, -0.2) is 52.7 Å². The molecule has 0 aliphatic carbocycles. The molecule has 0 saturated carbocycles. The Bertz CT molecular complexity index is 1220. The summed E-state index contributed by atoms with van der Waals surface area (Å²) in [5.41, 5.74) is 2.96. The monoisotopic (exact) mass is 441 g/mol. The lowest BCUT2D eigenvalue weighted by Gasteiger charge is -2.16. The van der Waals surface area contributed by atoms with Crippen molar-refractivity contribution in [3.8, 4) is 11.5 Å². The van der Waals surface area contributed by atoms with Crippen LogP contribution in [0.3, 0.4) is 0 Å². The van der Waals surface area contributed by atoms with E-state index in [4.69, 9.17) is 9.47 Å². The van der Waals surface area contributed by atoms with Crippen molar-refractivity contribution in [1.82, 2.24) is 9.73 Å². The molecule has 0 aliphatic heterocycles. The minimum absolute atomic E-state index is 0.118. The third-order valence-corrected chi connectivity index (χ3v) is 6.43. The van der Waals surface area contributed by atoms with Gasteiger partial charge in [-0.1, -0.05) is 30.3 Å². The van der Waals surface area contributed by atoms with Crippen molar-refractivity contribution >= 4 is 32.9 Å². The molecular formula is C22H23N3O5S. The van der Waals surface area contributed by atoms with Gasteiger partial charge in [0, 0.05) is 18.7 Å². The molecule has 0 atom stereocenters. The Labute approximate surface area is 181 Å². The summed E-state index contributed by atoms with van der Waals surface area (Å²) in [6.07, 6.45) is 1.41. The van der Waals surface area contributed by atoms with E-state index in [-0.39, 0.29) is 11.4 Å². The highest BCUT2D eigenvalue weighted by Gasteiger charge is 2.23. The van der Waals surface area contributed by atoms with Gasteiger partial charge in [0.15, 0.2) is 0 Å². The van der Waals surface area contributed by atoms with Crippen LogP contribution in [0.5, 0.6) is 11.5 Å². The molecule has 0 heterocycles. The molecule has 0 aromatic heterocycles. The summed E-state index contributed by atoms with van der Waals surface area (Å²) in [5, 5.41) is 5.63. The predicted octanol–water partition coefficient (Wildman–Crippen LogP) is 2.63. The van der Waals surface area contributed by atoms with E-state index in [1.165, 1.54) is 26.4 Å². The number of rotatable bonds is 8. The van der Waals surface area contributed by atoms with E-state index < -0.39 is 15.9 Å². The lowest BCUT2D eigenvalue weighted by atomic mass is 10.1. The fourth-order valence-electron chi connectivity index (χ4n) is 2.93. The number of ether oxygens (including phenoxy) is 2. The number of hydrogen-bond acceptors (Lipinski definition) is 6. The number of sulfonamides is 1. The largest absolute Gasteiger partial charge is 0.497 e. The molecule has 3 aromatic carbocycles. The molecule has 9 heteroatoms. The molecule has 0 saturated heterocycles. The lowest BCUT2D eigenvalue weighted by molar-refractivity contribution is -0.121. The van der Waals surface area contributed by atoms with Crippen molar-refractivity contribution in [2.24, 2.45) is 5.10 Å². The number of hydrogen-bond donors (Lipinski definition) is 1. The maximum atomic E-state index is 12.8. The number of carbonyl (C=O) groups is 1. The minimum atomic E-state index is -3.83. The molecule has 8 nitrogen and oxygen atoms in total. The van der Waals surface area contributed by atoms with Crippen LogP contribution in [0.4, 0.5) is 0 Å². The van der Waals surface area contributed by atoms with E-state index in [1.54, 1.807) is 37.4 Å². The summed E-state index contributed by atoms with van der Waals surface area (Å²) in [4.78, 5) is 12.3. The fraction of sp³-hybridized carbons (Fsp3) is 0.182. The van der Waals surface area contributed by atoms with Crippen LogP contribution in [-0.2, 0) is 14.8 Å². The fourth-order valence-corrected chi connectivity index (χ4v) is 4.09. The van der Waals surface area contributed by atoms with Crippen LogP contribution in [0.1, 0.15) is 5.56 Å². The van der Waals surface area contributed by atoms with Crippen LogP contribution in [0.15, 0.2) is 70.7 Å². The van der Waals surface area contributed by atoms with Gasteiger partial charge in [-0.2, -0.15) is 9.41 Å². The predicted molar refractivity (Wildman–Crippen MR) is 119 cm³/mol. The van der Waals surface area contributed by atoms with Crippen LogP contribution in [0.25, 0.3) is 10.8 Å². The normalized spacial score (nSPS) is 11.7. The SMILES string of the molecule is COc1ccc(/C=N\NC(=O)CN(C)S(=O)(=O)c2ccc3ccccc3c2)c(OC)c1. The zero-order valence-corrected chi connectivity index (χ0v) is 18.2. The van der Waals surface area contributed by atoms with Gasteiger partial charge in [0.1, 0.15) is 11.5 Å². The molecule has 31 heavy (non-hydrogen) atoms. The van der Waals surface area contributed by atoms with Crippen molar-refractivity contribution in [2.75, 3.05) is 27.8 Å². The van der Waals surface area contributed by atoms with Gasteiger partial charge in [0.2, 0.25) is 10.0 Å². The Kier molecular flexibility index (Phi) is 6.88. The van der Waals surface area contributed by atoms with Crippen LogP contribution in [0, 0.1) is 0 Å². The molecule has 0 spiro atoms. The molecule has 0 fully saturated rings. The number of carbonyl (C=O) groups excluding carboxylic acids is 1. The highest BCUT2D eigenvalue weighted by molar-refractivity contribution is 7.89. The van der Waals surface area contributed by atoms with E-state index >= 15 is 0 Å². The Balaban J connectivity index is 1.66. The Morgan fingerprint density at radius 1 is 1.03 bits per heavy atom. The van der Waals surface area contributed by atoms with Crippen LogP contribution >= 0.6 is 0 Å². The second-order valence-corrected chi connectivity index (χ2v) is 8.72. The topological polar surface area (TPSA) is 97.3 Å². The highest BCUT2D eigenvalue weighted by Crippen LogP contribution is 2.23. The standard InChI is InChI=1S/C22H23N3O5S/c1-25(31(27,28)20-11-9-16-6-4-5-7-17(16)12-20)15-22(26)24-23-14-18-8-10-19(29-2)13-21(18)30-3/h4-14H,15H2,1-3H3,(H,24,26)/b23-14-. The molecule has 162 valence electrons. The summed E-state index contributed by atoms with van der Waals surface area (Å²) in [7, 11) is 0.571. The summed E-state index contributed by atoms with van der Waals surface area (Å²) in [6, 6.07) is 17.5. The van der Waals surface area contributed by atoms with Gasteiger partial charge in [0.25, 0.3) is 5.91 Å². The second-order valence-electron chi connectivity index (χ2n) is 6.67. The third-order valence-electron chi connectivity index (χ3n) is 4.63.